The highest BCUT2D eigenvalue weighted by molar-refractivity contribution is 8.01. The number of hydrogen-bond donors (Lipinski definition) is 4. The molecular weight excluding hydrogens is 554 g/mol. The molecule has 2 heterocycles. The van der Waals surface area contributed by atoms with Crippen molar-refractivity contribution in [3.8, 4) is 0 Å². The number of rotatable bonds is 14. The minimum absolute atomic E-state index is 0.0367. The van der Waals surface area contributed by atoms with E-state index in [4.69, 9.17) is 0 Å². The molecule has 4 N–H and O–H groups in total. The van der Waals surface area contributed by atoms with Crippen LogP contribution in [0.2, 0.25) is 0 Å². The zero-order valence-corrected chi connectivity index (χ0v) is 26.5. The first kappa shape index (κ1) is 33.7. The van der Waals surface area contributed by atoms with Crippen LogP contribution in [0.25, 0.3) is 0 Å². The van der Waals surface area contributed by atoms with E-state index < -0.39 is 51.2 Å². The highest BCUT2D eigenvalue weighted by Gasteiger charge is 2.47. The van der Waals surface area contributed by atoms with Gasteiger partial charge in [0.2, 0.25) is 17.6 Å². The third-order valence-corrected chi connectivity index (χ3v) is 12.1. The van der Waals surface area contributed by atoms with Crippen LogP contribution in [0.5, 0.6) is 0 Å². The fraction of sp³-hybridized carbons (Fsp3) is 0.710. The van der Waals surface area contributed by atoms with Gasteiger partial charge in [-0.2, -0.15) is 0 Å². The topological polar surface area (TPSA) is 137 Å². The van der Waals surface area contributed by atoms with Gasteiger partial charge in [-0.15, -0.1) is 6.58 Å². The Morgan fingerprint density at radius 2 is 1.76 bits per heavy atom. The molecule has 11 heteroatoms. The second-order valence-corrected chi connectivity index (χ2v) is 15.5. The number of ketones is 1. The summed E-state index contributed by atoms with van der Waals surface area (Å²) in [7, 11) is -2.22. The fourth-order valence-corrected chi connectivity index (χ4v) is 9.32. The number of Topliss-reactive ketones (excluding diaryl/α,β-unsaturated/α-hetero) is 1. The predicted molar refractivity (Wildman–Crippen MR) is 168 cm³/mol. The van der Waals surface area contributed by atoms with Crippen molar-refractivity contribution in [3.05, 3.63) is 25.1 Å². The van der Waals surface area contributed by atoms with Crippen molar-refractivity contribution in [2.45, 2.75) is 108 Å². The van der Waals surface area contributed by atoms with Crippen LogP contribution in [0.3, 0.4) is 0 Å². The van der Waals surface area contributed by atoms with Crippen LogP contribution in [0, 0.1) is 5.41 Å². The molecule has 42 heavy (non-hydrogen) atoms. The molecule has 0 aromatic heterocycles. The number of likely N-dealkylation sites (tertiary alicyclic amines) is 1. The molecule has 3 fully saturated rings. The number of hydrogen-bond acceptors (Lipinski definition) is 7. The van der Waals surface area contributed by atoms with E-state index in [1.165, 1.54) is 6.08 Å². The summed E-state index contributed by atoms with van der Waals surface area (Å²) in [6.45, 7) is 13.9. The van der Waals surface area contributed by atoms with E-state index in [1.54, 1.807) is 4.90 Å². The van der Waals surface area contributed by atoms with Crippen molar-refractivity contribution >= 4 is 38.9 Å². The lowest BCUT2D eigenvalue weighted by Crippen LogP contribution is -2.61. The van der Waals surface area contributed by atoms with Crippen molar-refractivity contribution in [1.29, 1.82) is 0 Å². The van der Waals surface area contributed by atoms with Gasteiger partial charge in [0.15, 0.2) is 0 Å². The average molecular weight is 606 g/mol. The summed E-state index contributed by atoms with van der Waals surface area (Å²) in [5.41, 5.74) is -0.848. The van der Waals surface area contributed by atoms with E-state index in [0.29, 0.717) is 37.4 Å². The smallest absolute Gasteiger partial charge is 0.289 e. The molecule has 0 aromatic carbocycles. The van der Waals surface area contributed by atoms with Gasteiger partial charge in [-0.25, -0.2) is 0 Å². The summed E-state index contributed by atoms with van der Waals surface area (Å²) in [5.74, 6) is 3.08. The van der Waals surface area contributed by atoms with Crippen LogP contribution in [0.4, 0.5) is 0 Å². The average Bonchev–Trinajstić information content (AvgIpc) is 3.59. The van der Waals surface area contributed by atoms with Gasteiger partial charge in [-0.1, -0.05) is 52.7 Å². The molecular formula is C31H51N5O5S. The van der Waals surface area contributed by atoms with Gasteiger partial charge in [0.1, 0.15) is 12.1 Å². The molecule has 236 valence electrons. The monoisotopic (exact) mass is 605 g/mol. The molecule has 2 saturated heterocycles. The molecule has 1 aliphatic carbocycles. The molecule has 3 aliphatic rings. The number of nitrogens with zero attached hydrogens (tertiary/aromatic N) is 1. The van der Waals surface area contributed by atoms with Crippen molar-refractivity contribution in [2.24, 2.45) is 5.41 Å². The lowest BCUT2D eigenvalue weighted by atomic mass is 9.77. The van der Waals surface area contributed by atoms with E-state index in [2.05, 4.69) is 40.3 Å². The lowest BCUT2D eigenvalue weighted by Gasteiger charge is -2.46. The maximum absolute atomic E-state index is 14.1. The molecule has 4 atom stereocenters. The standard InChI is InChI=1S/C31H51N5O5S/c1-7-18-32-28(39)24(37)21-33-27(38)23-14-12-19-36(23)29(40)26(30(4,5)8-2)34-22(3)35-31(16-10-9-11-17-31)25-15-13-20-42(25,6)41/h7,23,25-26,34-35H,1,3,6,8-21H2,2,4-5H3,(H,32,39)(H,33,38). The number of carbonyl (C=O) groups excluding carboxylic acids is 4. The van der Waals surface area contributed by atoms with Crippen molar-refractivity contribution in [1.82, 2.24) is 26.2 Å². The van der Waals surface area contributed by atoms with Crippen LogP contribution >= 0.6 is 0 Å². The molecule has 0 aromatic rings. The Labute approximate surface area is 251 Å². The SMILES string of the molecule is C=CCNC(=O)C(=O)CNC(=O)C1CCCN1C(=O)C(NC(=C)NC1(C2CCCS2(=C)=O)CCCCC1)C(C)(C)CC. The van der Waals surface area contributed by atoms with Crippen molar-refractivity contribution < 1.29 is 23.4 Å². The Balaban J connectivity index is 1.74. The first-order valence-electron chi connectivity index (χ1n) is 15.4. The van der Waals surface area contributed by atoms with Gasteiger partial charge in [0.05, 0.1) is 23.2 Å². The van der Waals surface area contributed by atoms with Gasteiger partial charge in [-0.05, 0) is 65.8 Å². The van der Waals surface area contributed by atoms with Crippen LogP contribution in [-0.2, 0) is 28.7 Å². The zero-order chi connectivity index (χ0) is 31.1. The summed E-state index contributed by atoms with van der Waals surface area (Å²) in [5, 5.41) is 11.9. The van der Waals surface area contributed by atoms with E-state index in [0.717, 1.165) is 44.9 Å². The second-order valence-electron chi connectivity index (χ2n) is 12.8. The highest BCUT2D eigenvalue weighted by Crippen LogP contribution is 2.40. The van der Waals surface area contributed by atoms with E-state index >= 15 is 0 Å². The number of carbonyl (C=O) groups is 4. The summed E-state index contributed by atoms with van der Waals surface area (Å²) in [4.78, 5) is 52.8. The van der Waals surface area contributed by atoms with Crippen LogP contribution < -0.4 is 21.3 Å². The Morgan fingerprint density at radius 3 is 2.36 bits per heavy atom. The summed E-state index contributed by atoms with van der Waals surface area (Å²) in [6.07, 6.45) is 10.0. The van der Waals surface area contributed by atoms with Gasteiger partial charge in [0.25, 0.3) is 5.91 Å². The fourth-order valence-electron chi connectivity index (χ4n) is 6.67. The third kappa shape index (κ3) is 7.76. The first-order valence-corrected chi connectivity index (χ1v) is 17.3. The molecule has 3 amide bonds. The molecule has 0 radical (unpaired) electrons. The summed E-state index contributed by atoms with van der Waals surface area (Å²) in [6, 6.07) is -1.41. The van der Waals surface area contributed by atoms with Crippen LogP contribution in [0.1, 0.15) is 85.0 Å². The Kier molecular flexibility index (Phi) is 11.3. The Bertz CT molecular complexity index is 1160. The third-order valence-electron chi connectivity index (χ3n) is 9.42. The molecule has 3 rings (SSSR count). The first-order chi connectivity index (χ1) is 19.8. The maximum atomic E-state index is 14.1. The second kappa shape index (κ2) is 14.1. The van der Waals surface area contributed by atoms with Crippen LogP contribution in [-0.4, -0.2) is 86.7 Å². The molecule has 0 spiro atoms. The minimum atomic E-state index is -2.22. The highest BCUT2D eigenvalue weighted by atomic mass is 32.2. The quantitative estimate of drug-likeness (QED) is 0.135. The van der Waals surface area contributed by atoms with Gasteiger partial charge >= 0.3 is 0 Å². The molecule has 0 bridgehead atoms. The van der Waals surface area contributed by atoms with Crippen molar-refractivity contribution in [2.75, 3.05) is 25.4 Å². The largest absolute Gasteiger partial charge is 0.366 e. The molecule has 10 nitrogen and oxygen atoms in total. The van der Waals surface area contributed by atoms with Gasteiger partial charge < -0.3 is 26.2 Å². The molecule has 1 saturated carbocycles. The maximum Gasteiger partial charge on any atom is 0.289 e. The van der Waals surface area contributed by atoms with Crippen LogP contribution in [0.15, 0.2) is 25.1 Å². The predicted octanol–water partition coefficient (Wildman–Crippen LogP) is 2.00. The normalized spacial score (nSPS) is 26.1. The van der Waals surface area contributed by atoms with Gasteiger partial charge in [0, 0.05) is 18.8 Å². The van der Waals surface area contributed by atoms with Gasteiger partial charge in [-0.3, -0.25) is 23.4 Å². The molecule has 4 unspecified atom stereocenters. The van der Waals surface area contributed by atoms with E-state index in [9.17, 15) is 23.4 Å². The van der Waals surface area contributed by atoms with E-state index in [-0.39, 0.29) is 23.2 Å². The summed E-state index contributed by atoms with van der Waals surface area (Å²) < 4.78 is 13.4. The Hall–Kier alpha value is -2.82. The lowest BCUT2D eigenvalue weighted by molar-refractivity contribution is -0.143. The zero-order valence-electron chi connectivity index (χ0n) is 25.7. The Morgan fingerprint density at radius 1 is 1.07 bits per heavy atom. The number of amides is 3. The minimum Gasteiger partial charge on any atom is -0.366 e. The summed E-state index contributed by atoms with van der Waals surface area (Å²) >= 11 is 0. The number of nitrogens with one attached hydrogen (secondary N) is 4. The van der Waals surface area contributed by atoms with E-state index in [1.807, 2.05) is 20.8 Å². The van der Waals surface area contributed by atoms with Crippen molar-refractivity contribution in [3.63, 3.8) is 0 Å². The molecule has 2 aliphatic heterocycles.